The molecule has 0 aliphatic carbocycles. The minimum Gasteiger partial charge on any atom is -0.467 e. The van der Waals surface area contributed by atoms with Gasteiger partial charge in [0.2, 0.25) is 5.91 Å². The Bertz CT molecular complexity index is 1240. The van der Waals surface area contributed by atoms with Crippen LogP contribution in [0.15, 0.2) is 108 Å². The summed E-state index contributed by atoms with van der Waals surface area (Å²) in [5.74, 6) is 0.358. The summed E-state index contributed by atoms with van der Waals surface area (Å²) in [7, 11) is 1.59. The summed E-state index contributed by atoms with van der Waals surface area (Å²) in [6.45, 7) is 1.47. The summed E-state index contributed by atoms with van der Waals surface area (Å²) < 4.78 is 10.7. The summed E-state index contributed by atoms with van der Waals surface area (Å²) in [6.07, 6.45) is 2.31. The second-order valence-electron chi connectivity index (χ2n) is 8.79. The minimum absolute atomic E-state index is 0.0435. The van der Waals surface area contributed by atoms with Crippen LogP contribution in [0.4, 0.5) is 0 Å². The first-order valence-electron chi connectivity index (χ1n) is 12.4. The highest BCUT2D eigenvalue weighted by atomic mass is 16.5. The Labute approximate surface area is 218 Å². The lowest BCUT2D eigenvalue weighted by atomic mass is 10.0. The van der Waals surface area contributed by atoms with Crippen LogP contribution in [0.1, 0.15) is 21.7 Å². The molecule has 4 rings (SSSR count). The van der Waals surface area contributed by atoms with Crippen LogP contribution in [0.25, 0.3) is 11.1 Å². The average molecular weight is 497 g/mol. The molecule has 1 aromatic heterocycles. The van der Waals surface area contributed by atoms with Crippen LogP contribution in [-0.4, -0.2) is 55.0 Å². The molecule has 0 aliphatic rings. The predicted molar refractivity (Wildman–Crippen MR) is 144 cm³/mol. The van der Waals surface area contributed by atoms with Gasteiger partial charge < -0.3 is 19.0 Å². The standard InChI is InChI=1S/C31H32N2O4/c1-36-22-20-33(31(35)28-16-14-27(15-17-28)26-11-6-3-7-12-26)24-30(34)32(23-29-13-8-21-37-29)19-18-25-9-4-2-5-10-25/h2-17,21H,18-20,22-24H2,1H3. The van der Waals surface area contributed by atoms with Gasteiger partial charge in [-0.3, -0.25) is 9.59 Å². The summed E-state index contributed by atoms with van der Waals surface area (Å²) in [5.41, 5.74) is 3.79. The molecule has 0 aliphatic heterocycles. The lowest BCUT2D eigenvalue weighted by Gasteiger charge is -2.27. The largest absolute Gasteiger partial charge is 0.467 e. The second-order valence-corrected chi connectivity index (χ2v) is 8.79. The average Bonchev–Trinajstić information content (AvgIpc) is 3.47. The fourth-order valence-corrected chi connectivity index (χ4v) is 4.13. The molecule has 0 fully saturated rings. The number of carbonyl (C=O) groups excluding carboxylic acids is 2. The summed E-state index contributed by atoms with van der Waals surface area (Å²) in [4.78, 5) is 30.2. The maximum absolute atomic E-state index is 13.5. The zero-order chi connectivity index (χ0) is 25.9. The van der Waals surface area contributed by atoms with Crippen molar-refractivity contribution in [1.82, 2.24) is 9.80 Å². The zero-order valence-electron chi connectivity index (χ0n) is 21.1. The first-order chi connectivity index (χ1) is 18.1. The maximum Gasteiger partial charge on any atom is 0.254 e. The number of amides is 2. The van der Waals surface area contributed by atoms with Crippen molar-refractivity contribution in [3.8, 4) is 11.1 Å². The van der Waals surface area contributed by atoms with Crippen molar-refractivity contribution in [3.63, 3.8) is 0 Å². The van der Waals surface area contributed by atoms with Gasteiger partial charge in [-0.15, -0.1) is 0 Å². The molecule has 6 nitrogen and oxygen atoms in total. The number of nitrogens with zero attached hydrogens (tertiary/aromatic N) is 2. The molecular weight excluding hydrogens is 464 g/mol. The molecule has 2 amide bonds. The molecule has 0 bridgehead atoms. The van der Waals surface area contributed by atoms with Gasteiger partial charge in [0.1, 0.15) is 12.3 Å². The van der Waals surface area contributed by atoms with E-state index in [1.54, 1.807) is 23.2 Å². The normalized spacial score (nSPS) is 10.7. The highest BCUT2D eigenvalue weighted by Crippen LogP contribution is 2.20. The Morgan fingerprint density at radius 3 is 2.08 bits per heavy atom. The lowest BCUT2D eigenvalue weighted by Crippen LogP contribution is -2.44. The van der Waals surface area contributed by atoms with Crippen LogP contribution in [0, 0.1) is 0 Å². The second kappa shape index (κ2) is 13.2. The summed E-state index contributed by atoms with van der Waals surface area (Å²) in [5, 5.41) is 0. The van der Waals surface area contributed by atoms with Crippen molar-refractivity contribution < 1.29 is 18.7 Å². The van der Waals surface area contributed by atoms with Crippen molar-refractivity contribution in [2.45, 2.75) is 13.0 Å². The quantitative estimate of drug-likeness (QED) is 0.267. The van der Waals surface area contributed by atoms with Gasteiger partial charge in [-0.25, -0.2) is 0 Å². The molecule has 3 aromatic carbocycles. The molecule has 37 heavy (non-hydrogen) atoms. The number of carbonyl (C=O) groups is 2. The summed E-state index contributed by atoms with van der Waals surface area (Å²) in [6, 6.07) is 31.2. The van der Waals surface area contributed by atoms with E-state index in [0.717, 1.165) is 16.7 Å². The highest BCUT2D eigenvalue weighted by Gasteiger charge is 2.23. The van der Waals surface area contributed by atoms with Gasteiger partial charge in [-0.05, 0) is 47.4 Å². The van der Waals surface area contributed by atoms with Gasteiger partial charge in [-0.2, -0.15) is 0 Å². The van der Waals surface area contributed by atoms with Crippen LogP contribution in [0.3, 0.4) is 0 Å². The van der Waals surface area contributed by atoms with E-state index >= 15 is 0 Å². The van der Waals surface area contributed by atoms with Gasteiger partial charge in [0, 0.05) is 25.8 Å². The fraction of sp³-hybridized carbons (Fsp3) is 0.226. The summed E-state index contributed by atoms with van der Waals surface area (Å²) >= 11 is 0. The smallest absolute Gasteiger partial charge is 0.254 e. The molecule has 190 valence electrons. The van der Waals surface area contributed by atoms with Crippen molar-refractivity contribution >= 4 is 11.8 Å². The molecule has 0 saturated heterocycles. The Morgan fingerprint density at radius 1 is 0.757 bits per heavy atom. The van der Waals surface area contributed by atoms with E-state index in [0.29, 0.717) is 44.0 Å². The Morgan fingerprint density at radius 2 is 1.43 bits per heavy atom. The van der Waals surface area contributed by atoms with E-state index in [1.165, 1.54) is 0 Å². The van der Waals surface area contributed by atoms with E-state index in [1.807, 2.05) is 97.1 Å². The molecule has 4 aromatic rings. The van der Waals surface area contributed by atoms with Crippen molar-refractivity contribution in [3.05, 3.63) is 120 Å². The zero-order valence-corrected chi connectivity index (χ0v) is 21.1. The highest BCUT2D eigenvalue weighted by molar-refractivity contribution is 5.97. The van der Waals surface area contributed by atoms with Gasteiger partial charge in [0.15, 0.2) is 0 Å². The molecular formula is C31H32N2O4. The maximum atomic E-state index is 13.5. The van der Waals surface area contributed by atoms with Crippen molar-refractivity contribution in [2.75, 3.05) is 33.4 Å². The van der Waals surface area contributed by atoms with Gasteiger partial charge >= 0.3 is 0 Å². The molecule has 0 atom stereocenters. The molecule has 0 radical (unpaired) electrons. The number of methoxy groups -OCH3 is 1. The van der Waals surface area contributed by atoms with E-state index in [-0.39, 0.29) is 18.4 Å². The van der Waals surface area contributed by atoms with Gasteiger partial charge in [0.25, 0.3) is 5.91 Å². The monoisotopic (exact) mass is 496 g/mol. The predicted octanol–water partition coefficient (Wildman–Crippen LogP) is 5.31. The third-order valence-electron chi connectivity index (χ3n) is 6.21. The SMILES string of the molecule is COCCN(CC(=O)N(CCc1ccccc1)Cc1ccco1)C(=O)c1ccc(-c2ccccc2)cc1. The van der Waals surface area contributed by atoms with E-state index in [4.69, 9.17) is 9.15 Å². The first-order valence-corrected chi connectivity index (χ1v) is 12.4. The van der Waals surface area contributed by atoms with Crippen LogP contribution in [0.2, 0.25) is 0 Å². The van der Waals surface area contributed by atoms with Gasteiger partial charge in [0.05, 0.1) is 19.4 Å². The van der Waals surface area contributed by atoms with Crippen LogP contribution >= 0.6 is 0 Å². The third-order valence-corrected chi connectivity index (χ3v) is 6.21. The van der Waals surface area contributed by atoms with Crippen LogP contribution < -0.4 is 0 Å². The molecule has 0 saturated carbocycles. The molecule has 0 N–H and O–H groups in total. The first kappa shape index (κ1) is 25.9. The van der Waals surface area contributed by atoms with Gasteiger partial charge in [-0.1, -0.05) is 72.8 Å². The lowest BCUT2D eigenvalue weighted by molar-refractivity contribution is -0.132. The molecule has 6 heteroatoms. The molecule has 0 unspecified atom stereocenters. The number of furan rings is 1. The number of hydrogen-bond donors (Lipinski definition) is 0. The molecule has 1 heterocycles. The van der Waals surface area contributed by atoms with Crippen LogP contribution in [-0.2, 0) is 22.5 Å². The van der Waals surface area contributed by atoms with E-state index in [2.05, 4.69) is 0 Å². The topological polar surface area (TPSA) is 63.0 Å². The number of hydrogen-bond acceptors (Lipinski definition) is 4. The minimum atomic E-state index is -0.203. The molecule has 0 spiro atoms. The van der Waals surface area contributed by atoms with Crippen LogP contribution in [0.5, 0.6) is 0 Å². The third kappa shape index (κ3) is 7.41. The number of ether oxygens (including phenoxy) is 1. The fourth-order valence-electron chi connectivity index (χ4n) is 4.13. The number of benzene rings is 3. The van der Waals surface area contributed by atoms with E-state index < -0.39 is 0 Å². The number of rotatable bonds is 12. The van der Waals surface area contributed by atoms with Crippen molar-refractivity contribution in [1.29, 1.82) is 0 Å². The Hall–Kier alpha value is -4.16. The van der Waals surface area contributed by atoms with E-state index in [9.17, 15) is 9.59 Å². The van der Waals surface area contributed by atoms with Crippen molar-refractivity contribution in [2.24, 2.45) is 0 Å². The Balaban J connectivity index is 1.48. The Kier molecular flexibility index (Phi) is 9.27.